The summed E-state index contributed by atoms with van der Waals surface area (Å²) in [6, 6.07) is -0.250. The third-order valence-electron chi connectivity index (χ3n) is 4.93. The number of methoxy groups -OCH3 is 2. The van der Waals surface area contributed by atoms with E-state index in [4.69, 9.17) is 14.6 Å². The Kier molecular flexibility index (Phi) is 5.22. The van der Waals surface area contributed by atoms with Crippen LogP contribution >= 0.6 is 0 Å². The van der Waals surface area contributed by atoms with Crippen LogP contribution in [0.2, 0.25) is 0 Å². The highest BCUT2D eigenvalue weighted by Gasteiger charge is 2.49. The van der Waals surface area contributed by atoms with Crippen molar-refractivity contribution >= 4 is 11.9 Å². The van der Waals surface area contributed by atoms with E-state index in [-0.39, 0.29) is 29.9 Å². The largest absolute Gasteiger partial charge is 0.481 e. The molecule has 2 atom stereocenters. The maximum Gasteiger partial charge on any atom is 0.305 e. The van der Waals surface area contributed by atoms with E-state index in [1.807, 2.05) is 0 Å². The van der Waals surface area contributed by atoms with Gasteiger partial charge in [0.2, 0.25) is 5.91 Å². The highest BCUT2D eigenvalue weighted by molar-refractivity contribution is 5.85. The third kappa shape index (κ3) is 3.37. The van der Waals surface area contributed by atoms with Gasteiger partial charge in [0, 0.05) is 33.4 Å². The summed E-state index contributed by atoms with van der Waals surface area (Å²) in [4.78, 5) is 25.7. The lowest BCUT2D eigenvalue weighted by molar-refractivity contribution is -0.151. The Morgan fingerprint density at radius 2 is 2.05 bits per heavy atom. The number of nitrogens with zero attached hydrogens (tertiary/aromatic N) is 1. The van der Waals surface area contributed by atoms with E-state index in [9.17, 15) is 9.59 Å². The van der Waals surface area contributed by atoms with Crippen LogP contribution in [0.15, 0.2) is 0 Å². The van der Waals surface area contributed by atoms with Crippen molar-refractivity contribution in [1.29, 1.82) is 0 Å². The van der Waals surface area contributed by atoms with Crippen molar-refractivity contribution in [1.82, 2.24) is 4.90 Å². The maximum atomic E-state index is 12.9. The van der Waals surface area contributed by atoms with Gasteiger partial charge >= 0.3 is 5.97 Å². The first kappa shape index (κ1) is 16.2. The SMILES string of the molecule is COCCC1(C(=O)N2CC(OC)CC2CC(=O)O)CCC1. The number of hydrogen-bond acceptors (Lipinski definition) is 4. The van der Waals surface area contributed by atoms with Gasteiger partial charge in [0.25, 0.3) is 0 Å². The molecule has 21 heavy (non-hydrogen) atoms. The van der Waals surface area contributed by atoms with Crippen molar-refractivity contribution in [2.75, 3.05) is 27.4 Å². The van der Waals surface area contributed by atoms with Crippen molar-refractivity contribution in [2.45, 2.75) is 50.7 Å². The Balaban J connectivity index is 2.09. The monoisotopic (exact) mass is 299 g/mol. The number of carbonyl (C=O) groups excluding carboxylic acids is 1. The van der Waals surface area contributed by atoms with Gasteiger partial charge in [-0.25, -0.2) is 0 Å². The highest BCUT2D eigenvalue weighted by atomic mass is 16.5. The highest BCUT2D eigenvalue weighted by Crippen LogP contribution is 2.46. The lowest BCUT2D eigenvalue weighted by Gasteiger charge is -2.44. The van der Waals surface area contributed by atoms with E-state index in [2.05, 4.69) is 0 Å². The van der Waals surface area contributed by atoms with Gasteiger partial charge in [0.1, 0.15) is 0 Å². The number of carboxylic acids is 1. The number of carboxylic acid groups (broad SMARTS) is 1. The molecule has 6 nitrogen and oxygen atoms in total. The molecule has 1 aliphatic heterocycles. The summed E-state index contributed by atoms with van der Waals surface area (Å²) in [5.74, 6) is -0.772. The molecule has 1 amide bonds. The second-order valence-electron chi connectivity index (χ2n) is 6.18. The Morgan fingerprint density at radius 1 is 1.33 bits per heavy atom. The fraction of sp³-hybridized carbons (Fsp3) is 0.867. The van der Waals surface area contributed by atoms with Crippen molar-refractivity contribution in [2.24, 2.45) is 5.41 Å². The van der Waals surface area contributed by atoms with Crippen molar-refractivity contribution in [3.8, 4) is 0 Å². The van der Waals surface area contributed by atoms with Gasteiger partial charge < -0.3 is 19.5 Å². The molecule has 0 aromatic heterocycles. The smallest absolute Gasteiger partial charge is 0.305 e. The average Bonchev–Trinajstić information content (AvgIpc) is 2.79. The number of aliphatic carboxylic acids is 1. The zero-order valence-corrected chi connectivity index (χ0v) is 12.8. The molecule has 0 aromatic rings. The molecule has 6 heteroatoms. The topological polar surface area (TPSA) is 76.1 Å². The van der Waals surface area contributed by atoms with Gasteiger partial charge in [0.15, 0.2) is 0 Å². The summed E-state index contributed by atoms with van der Waals surface area (Å²) in [6.07, 6.45) is 4.07. The van der Waals surface area contributed by atoms with E-state index >= 15 is 0 Å². The minimum atomic E-state index is -0.867. The van der Waals surface area contributed by atoms with Crippen LogP contribution in [0.4, 0.5) is 0 Å². The standard InChI is InChI=1S/C15H25NO5/c1-20-7-6-15(4-3-5-15)14(19)16-10-12(21-2)8-11(16)9-13(17)18/h11-12H,3-10H2,1-2H3,(H,17,18). The number of hydrogen-bond donors (Lipinski definition) is 1. The normalized spacial score (nSPS) is 27.4. The van der Waals surface area contributed by atoms with Gasteiger partial charge in [-0.15, -0.1) is 0 Å². The van der Waals surface area contributed by atoms with Crippen molar-refractivity contribution in [3.05, 3.63) is 0 Å². The van der Waals surface area contributed by atoms with Crippen molar-refractivity contribution < 1.29 is 24.2 Å². The second-order valence-corrected chi connectivity index (χ2v) is 6.18. The van der Waals surface area contributed by atoms with Crippen LogP contribution in [0.5, 0.6) is 0 Å². The van der Waals surface area contributed by atoms with Gasteiger partial charge in [-0.1, -0.05) is 6.42 Å². The lowest BCUT2D eigenvalue weighted by Crippen LogP contribution is -2.50. The number of rotatable bonds is 7. The van der Waals surface area contributed by atoms with Gasteiger partial charge in [0.05, 0.1) is 17.9 Å². The summed E-state index contributed by atoms with van der Waals surface area (Å²) in [6.45, 7) is 1.07. The number of likely N-dealkylation sites (tertiary alicyclic amines) is 1. The van der Waals surface area contributed by atoms with E-state index in [1.54, 1.807) is 19.1 Å². The summed E-state index contributed by atoms with van der Waals surface area (Å²) in [5, 5.41) is 9.05. The zero-order chi connectivity index (χ0) is 15.5. The first-order valence-electron chi connectivity index (χ1n) is 7.57. The average molecular weight is 299 g/mol. The first-order valence-corrected chi connectivity index (χ1v) is 7.57. The molecule has 2 fully saturated rings. The minimum absolute atomic E-state index is 0.00798. The predicted molar refractivity (Wildman–Crippen MR) is 75.9 cm³/mol. The molecule has 120 valence electrons. The van der Waals surface area contributed by atoms with Crippen LogP contribution in [0.25, 0.3) is 0 Å². The number of ether oxygens (including phenoxy) is 2. The van der Waals surface area contributed by atoms with E-state index in [1.165, 1.54) is 0 Å². The van der Waals surface area contributed by atoms with E-state index < -0.39 is 5.97 Å². The summed E-state index contributed by atoms with van der Waals surface area (Å²) >= 11 is 0. The minimum Gasteiger partial charge on any atom is -0.481 e. The molecule has 0 radical (unpaired) electrons. The maximum absolute atomic E-state index is 12.9. The fourth-order valence-corrected chi connectivity index (χ4v) is 3.46. The summed E-state index contributed by atoms with van der Waals surface area (Å²) < 4.78 is 10.5. The molecular formula is C15H25NO5. The number of carbonyl (C=O) groups is 2. The van der Waals surface area contributed by atoms with Gasteiger partial charge in [-0.2, -0.15) is 0 Å². The molecule has 1 N–H and O–H groups in total. The molecule has 1 saturated heterocycles. The molecular weight excluding hydrogens is 274 g/mol. The Labute approximate surface area is 125 Å². The summed E-state index contributed by atoms with van der Waals surface area (Å²) in [7, 11) is 3.25. The van der Waals surface area contributed by atoms with Gasteiger partial charge in [-0.3, -0.25) is 9.59 Å². The number of amides is 1. The second kappa shape index (κ2) is 6.75. The molecule has 2 unspecified atom stereocenters. The molecule has 0 spiro atoms. The molecule has 0 aromatic carbocycles. The van der Waals surface area contributed by atoms with Crippen molar-refractivity contribution in [3.63, 3.8) is 0 Å². The van der Waals surface area contributed by atoms with Crippen LogP contribution in [0, 0.1) is 5.41 Å². The first-order chi connectivity index (χ1) is 10.0. The van der Waals surface area contributed by atoms with E-state index in [0.29, 0.717) is 19.6 Å². The summed E-state index contributed by atoms with van der Waals surface area (Å²) in [5.41, 5.74) is -0.338. The Bertz CT molecular complexity index is 394. The lowest BCUT2D eigenvalue weighted by atomic mass is 9.65. The molecule has 1 aliphatic carbocycles. The molecule has 0 bridgehead atoms. The third-order valence-corrected chi connectivity index (χ3v) is 4.93. The fourth-order valence-electron chi connectivity index (χ4n) is 3.46. The quantitative estimate of drug-likeness (QED) is 0.766. The molecule has 2 rings (SSSR count). The van der Waals surface area contributed by atoms with Crippen LogP contribution in [0.1, 0.15) is 38.5 Å². The van der Waals surface area contributed by atoms with Gasteiger partial charge in [-0.05, 0) is 25.7 Å². The van der Waals surface area contributed by atoms with E-state index in [0.717, 1.165) is 25.7 Å². The van der Waals surface area contributed by atoms with Crippen LogP contribution in [0.3, 0.4) is 0 Å². The van der Waals surface area contributed by atoms with Crippen LogP contribution < -0.4 is 0 Å². The Hall–Kier alpha value is -1.14. The van der Waals surface area contributed by atoms with Crippen LogP contribution in [-0.4, -0.2) is 61.4 Å². The molecule has 1 heterocycles. The molecule has 1 saturated carbocycles. The Morgan fingerprint density at radius 3 is 2.52 bits per heavy atom. The predicted octanol–water partition coefficient (Wildman–Crippen LogP) is 1.28. The molecule has 2 aliphatic rings. The van der Waals surface area contributed by atoms with Crippen LogP contribution in [-0.2, 0) is 19.1 Å². The zero-order valence-electron chi connectivity index (χ0n) is 12.8.